The van der Waals surface area contributed by atoms with E-state index in [-0.39, 0.29) is 40.6 Å². The fourth-order valence-electron chi connectivity index (χ4n) is 5.11. The Hall–Kier alpha value is -4.71. The summed E-state index contributed by atoms with van der Waals surface area (Å²) in [6.45, 7) is 2.26. The molecule has 1 fully saturated rings. The van der Waals surface area contributed by atoms with Gasteiger partial charge in [-0.25, -0.2) is 12.8 Å². The molecule has 1 aliphatic heterocycles. The Morgan fingerprint density at radius 1 is 1.07 bits per heavy atom. The van der Waals surface area contributed by atoms with Crippen LogP contribution in [0.1, 0.15) is 34.1 Å². The molecule has 0 unspecified atom stereocenters. The van der Waals surface area contributed by atoms with E-state index in [0.29, 0.717) is 35.0 Å². The number of nitrogens with zero attached hydrogens (tertiary/aromatic N) is 1. The van der Waals surface area contributed by atoms with Gasteiger partial charge in [-0.2, -0.15) is 0 Å². The lowest BCUT2D eigenvalue weighted by molar-refractivity contribution is -0.120. The van der Waals surface area contributed by atoms with Crippen molar-refractivity contribution in [2.45, 2.75) is 19.4 Å². The van der Waals surface area contributed by atoms with Gasteiger partial charge in [0.15, 0.2) is 0 Å². The van der Waals surface area contributed by atoms with Gasteiger partial charge in [0.25, 0.3) is 11.8 Å². The third-order valence-corrected chi connectivity index (χ3v) is 8.37. The number of amides is 3. The monoisotopic (exact) mass is 592 g/mol. The highest BCUT2D eigenvalue weighted by Gasteiger charge is 2.28. The first-order valence-electron chi connectivity index (χ1n) is 13.3. The Balaban J connectivity index is 1.72. The summed E-state index contributed by atoms with van der Waals surface area (Å²) in [4.78, 5) is 38.2. The van der Waals surface area contributed by atoms with Crippen molar-refractivity contribution < 1.29 is 31.6 Å². The van der Waals surface area contributed by atoms with Crippen LogP contribution in [0.4, 0.5) is 10.1 Å². The molecule has 1 atom stereocenters. The van der Waals surface area contributed by atoms with Gasteiger partial charge < -0.3 is 20.4 Å². The molecule has 3 amide bonds. The van der Waals surface area contributed by atoms with Gasteiger partial charge in [0, 0.05) is 48.3 Å². The lowest BCUT2D eigenvalue weighted by atomic mass is 9.97. The second-order valence-electron chi connectivity index (χ2n) is 9.87. The smallest absolute Gasteiger partial charge is 0.255 e. The van der Waals surface area contributed by atoms with E-state index in [4.69, 9.17) is 4.42 Å². The summed E-state index contributed by atoms with van der Waals surface area (Å²) < 4.78 is 46.7. The van der Waals surface area contributed by atoms with Crippen molar-refractivity contribution in [3.63, 3.8) is 0 Å². The molecule has 0 aliphatic carbocycles. The molecule has 4 aromatic rings. The third kappa shape index (κ3) is 5.45. The number of hydrogen-bond acceptors (Lipinski definition) is 6. The fraction of sp³-hybridized carbons (Fsp3) is 0.233. The largest absolute Gasteiger partial charge is 0.455 e. The topological polar surface area (TPSA) is 138 Å². The maximum Gasteiger partial charge on any atom is 0.255 e. The Labute approximate surface area is 241 Å². The van der Waals surface area contributed by atoms with Crippen molar-refractivity contribution >= 4 is 44.4 Å². The molecule has 1 saturated heterocycles. The predicted octanol–water partition coefficient (Wildman–Crippen LogP) is 3.67. The first-order valence-corrected chi connectivity index (χ1v) is 15.1. The zero-order valence-corrected chi connectivity index (χ0v) is 24.0. The number of carbonyl (C=O) groups excluding carboxylic acids is 3. The van der Waals surface area contributed by atoms with Crippen molar-refractivity contribution in [2.75, 3.05) is 30.7 Å². The number of fused-ring (bicyclic) bond motifs is 1. The minimum absolute atomic E-state index is 0.0993. The molecule has 1 aromatic heterocycles. The van der Waals surface area contributed by atoms with Crippen molar-refractivity contribution in [3.05, 3.63) is 77.6 Å². The van der Waals surface area contributed by atoms with Crippen molar-refractivity contribution in [3.8, 4) is 22.5 Å². The first-order chi connectivity index (χ1) is 20.0. The van der Waals surface area contributed by atoms with Crippen LogP contribution in [-0.2, 0) is 14.8 Å². The van der Waals surface area contributed by atoms with Crippen molar-refractivity contribution in [2.24, 2.45) is 0 Å². The van der Waals surface area contributed by atoms with Gasteiger partial charge in [-0.1, -0.05) is 12.1 Å². The SMILES string of the molecule is CCN(c1cc2oc(-c3ccc(F)cc3)c(C(=O)NC)c2cc1-c1cccc(C(=O)N[C@H]2CCNC2=O)c1)S(C)(=O)=O. The normalized spacial score (nSPS) is 15.0. The van der Waals surface area contributed by atoms with Gasteiger partial charge >= 0.3 is 0 Å². The third-order valence-electron chi connectivity index (χ3n) is 7.11. The van der Waals surface area contributed by atoms with Gasteiger partial charge in [0.05, 0.1) is 17.5 Å². The lowest BCUT2D eigenvalue weighted by Gasteiger charge is -2.24. The number of benzene rings is 3. The molecule has 0 saturated carbocycles. The zero-order chi connectivity index (χ0) is 30.2. The van der Waals surface area contributed by atoms with Crippen LogP contribution in [-0.4, -0.2) is 58.6 Å². The van der Waals surface area contributed by atoms with Crippen LogP contribution in [0.2, 0.25) is 0 Å². The molecule has 10 nitrogen and oxygen atoms in total. The second-order valence-corrected chi connectivity index (χ2v) is 11.8. The lowest BCUT2D eigenvalue weighted by Crippen LogP contribution is -2.40. The molecular weight excluding hydrogens is 563 g/mol. The van der Waals surface area contributed by atoms with Crippen molar-refractivity contribution in [1.29, 1.82) is 0 Å². The zero-order valence-electron chi connectivity index (χ0n) is 23.2. The Morgan fingerprint density at radius 3 is 2.43 bits per heavy atom. The highest BCUT2D eigenvalue weighted by molar-refractivity contribution is 7.92. The number of nitrogens with one attached hydrogen (secondary N) is 3. The van der Waals surface area contributed by atoms with Gasteiger partial charge in [0.1, 0.15) is 23.2 Å². The van der Waals surface area contributed by atoms with Gasteiger partial charge in [-0.3, -0.25) is 18.7 Å². The number of carbonyl (C=O) groups is 3. The van der Waals surface area contributed by atoms with Crippen LogP contribution in [0.3, 0.4) is 0 Å². The highest BCUT2D eigenvalue weighted by Crippen LogP contribution is 2.41. The number of rotatable bonds is 8. The van der Waals surface area contributed by atoms with E-state index in [1.54, 1.807) is 43.3 Å². The van der Waals surface area contributed by atoms with Crippen LogP contribution in [0, 0.1) is 5.82 Å². The Morgan fingerprint density at radius 2 is 1.81 bits per heavy atom. The Bertz CT molecular complexity index is 1820. The number of hydrogen-bond donors (Lipinski definition) is 3. The fourth-order valence-corrected chi connectivity index (χ4v) is 6.09. The van der Waals surface area contributed by atoms with E-state index in [2.05, 4.69) is 16.0 Å². The maximum atomic E-state index is 13.7. The minimum atomic E-state index is -3.75. The predicted molar refractivity (Wildman–Crippen MR) is 157 cm³/mol. The molecule has 0 spiro atoms. The minimum Gasteiger partial charge on any atom is -0.455 e. The molecule has 0 bridgehead atoms. The summed E-state index contributed by atoms with van der Waals surface area (Å²) >= 11 is 0. The summed E-state index contributed by atoms with van der Waals surface area (Å²) in [7, 11) is -2.28. The summed E-state index contributed by atoms with van der Waals surface area (Å²) in [5.74, 6) is -1.42. The van der Waals surface area contributed by atoms with Gasteiger partial charge in [-0.15, -0.1) is 0 Å². The maximum absolute atomic E-state index is 13.7. The van der Waals surface area contributed by atoms with E-state index in [9.17, 15) is 27.2 Å². The number of sulfonamides is 1. The summed E-state index contributed by atoms with van der Waals surface area (Å²) in [6.07, 6.45) is 1.56. The number of furan rings is 1. The molecule has 0 radical (unpaired) electrons. The molecule has 218 valence electrons. The van der Waals surface area contributed by atoms with E-state index < -0.39 is 33.7 Å². The number of halogens is 1. The number of anilines is 1. The van der Waals surface area contributed by atoms with E-state index >= 15 is 0 Å². The standard InChI is InChI=1S/C30H29FN4O6S/c1-4-35(42(3,39)40)24-16-25-22(26(30(38)32-2)27(41-25)17-8-10-20(31)11-9-17)15-21(24)18-6-5-7-19(14-18)28(36)34-23-12-13-33-29(23)37/h5-11,14-16,23H,4,12-13H2,1-3H3,(H,32,38)(H,33,37)(H,34,36)/t23-/m0/s1. The quantitative estimate of drug-likeness (QED) is 0.286. The summed E-state index contributed by atoms with van der Waals surface area (Å²) in [5.41, 5.74) is 2.38. The van der Waals surface area contributed by atoms with E-state index in [1.165, 1.54) is 35.6 Å². The molecule has 12 heteroatoms. The van der Waals surface area contributed by atoms with Crippen LogP contribution in [0.25, 0.3) is 33.4 Å². The molecule has 1 aliphatic rings. The second kappa shape index (κ2) is 11.3. The average Bonchev–Trinajstić information content (AvgIpc) is 3.54. The molecule has 42 heavy (non-hydrogen) atoms. The van der Waals surface area contributed by atoms with E-state index in [1.807, 2.05) is 0 Å². The summed E-state index contributed by atoms with van der Waals surface area (Å²) in [5, 5.41) is 8.42. The molecular formula is C30H29FN4O6S. The molecule has 3 N–H and O–H groups in total. The van der Waals surface area contributed by atoms with Gasteiger partial charge in [0.2, 0.25) is 15.9 Å². The first kappa shape index (κ1) is 28.8. The van der Waals surface area contributed by atoms with Crippen LogP contribution in [0.15, 0.2) is 65.1 Å². The molecule has 5 rings (SSSR count). The highest BCUT2D eigenvalue weighted by atomic mass is 32.2. The molecule has 2 heterocycles. The van der Waals surface area contributed by atoms with Gasteiger partial charge in [-0.05, 0) is 61.4 Å². The van der Waals surface area contributed by atoms with E-state index in [0.717, 1.165) is 6.26 Å². The van der Waals surface area contributed by atoms with Crippen LogP contribution >= 0.6 is 0 Å². The average molecular weight is 593 g/mol. The van der Waals surface area contributed by atoms with Crippen LogP contribution < -0.4 is 20.3 Å². The summed E-state index contributed by atoms with van der Waals surface area (Å²) in [6, 6.07) is 14.6. The van der Waals surface area contributed by atoms with Crippen molar-refractivity contribution in [1.82, 2.24) is 16.0 Å². The Kier molecular flexibility index (Phi) is 7.74. The van der Waals surface area contributed by atoms with Crippen LogP contribution in [0.5, 0.6) is 0 Å². The molecule has 3 aromatic carbocycles.